The fraction of sp³-hybridized carbons (Fsp3) is 0.500. The summed E-state index contributed by atoms with van der Waals surface area (Å²) >= 11 is 0. The molecule has 0 aromatic rings. The predicted molar refractivity (Wildman–Crippen MR) is 62.5 cm³/mol. The van der Waals surface area contributed by atoms with Crippen LogP contribution in [0.1, 0.15) is 19.8 Å². The molecule has 1 amide bonds. The average Bonchev–Trinajstić information content (AvgIpc) is 2.27. The minimum atomic E-state index is -3.57. The summed E-state index contributed by atoms with van der Waals surface area (Å²) in [6.07, 6.45) is -1.54. The van der Waals surface area contributed by atoms with Crippen LogP contribution in [0.25, 0.3) is 0 Å². The van der Waals surface area contributed by atoms with Crippen LogP contribution >= 0.6 is 0 Å². The predicted octanol–water partition coefficient (Wildman–Crippen LogP) is 2.14. The van der Waals surface area contributed by atoms with Gasteiger partial charge in [-0.25, -0.2) is 18.4 Å². The molecule has 1 N–H and O–H groups in total. The van der Waals surface area contributed by atoms with Crippen molar-refractivity contribution in [1.29, 1.82) is 0 Å². The van der Waals surface area contributed by atoms with Crippen molar-refractivity contribution < 1.29 is 27.8 Å². The number of amides is 1. The number of hydrogen-bond acceptors (Lipinski definition) is 4. The van der Waals surface area contributed by atoms with Crippen molar-refractivity contribution in [3.8, 4) is 0 Å². The van der Waals surface area contributed by atoms with Gasteiger partial charge in [0.05, 0.1) is 6.61 Å². The number of alkyl halides is 2. The van der Waals surface area contributed by atoms with Crippen molar-refractivity contribution in [3.63, 3.8) is 0 Å². The van der Waals surface area contributed by atoms with E-state index >= 15 is 0 Å². The van der Waals surface area contributed by atoms with Crippen LogP contribution in [-0.4, -0.2) is 30.1 Å². The van der Waals surface area contributed by atoms with E-state index in [0.717, 1.165) is 6.08 Å². The monoisotopic (exact) mass is 275 g/mol. The first kappa shape index (κ1) is 15.1. The van der Waals surface area contributed by atoms with E-state index in [1.165, 1.54) is 6.92 Å². The van der Waals surface area contributed by atoms with Crippen molar-refractivity contribution in [2.45, 2.75) is 31.2 Å². The Balaban J connectivity index is 3.23. The van der Waals surface area contributed by atoms with Crippen molar-refractivity contribution in [2.75, 3.05) is 6.61 Å². The lowest BCUT2D eigenvalue weighted by molar-refractivity contribution is -0.173. The van der Waals surface area contributed by atoms with E-state index in [4.69, 9.17) is 0 Å². The maximum absolute atomic E-state index is 14.2. The number of esters is 1. The molecule has 1 atom stereocenters. The van der Waals surface area contributed by atoms with E-state index in [1.54, 1.807) is 0 Å². The molecule has 0 aliphatic carbocycles. The Labute approximate surface area is 109 Å². The Morgan fingerprint density at radius 2 is 2.32 bits per heavy atom. The molecule has 106 valence electrons. The molecular formula is C12H15F2NO4. The molecule has 5 nitrogen and oxygen atoms in total. The summed E-state index contributed by atoms with van der Waals surface area (Å²) in [4.78, 5) is 23.2. The third kappa shape index (κ3) is 2.74. The molecule has 19 heavy (non-hydrogen) atoms. The van der Waals surface area contributed by atoms with E-state index in [1.807, 2.05) is 5.32 Å². The van der Waals surface area contributed by atoms with Gasteiger partial charge in [0.2, 0.25) is 5.54 Å². The van der Waals surface area contributed by atoms with E-state index in [9.17, 15) is 18.4 Å². The second-order valence-electron chi connectivity index (χ2n) is 4.05. The van der Waals surface area contributed by atoms with Crippen molar-refractivity contribution in [1.82, 2.24) is 5.32 Å². The molecular weight excluding hydrogens is 260 g/mol. The van der Waals surface area contributed by atoms with Gasteiger partial charge in [0.15, 0.2) is 0 Å². The average molecular weight is 275 g/mol. The zero-order chi connectivity index (χ0) is 14.7. The second-order valence-corrected chi connectivity index (χ2v) is 4.05. The highest BCUT2D eigenvalue weighted by Crippen LogP contribution is 2.40. The summed E-state index contributed by atoms with van der Waals surface area (Å²) < 4.78 is 37.6. The van der Waals surface area contributed by atoms with E-state index < -0.39 is 36.4 Å². The Morgan fingerprint density at radius 3 is 2.79 bits per heavy atom. The topological polar surface area (TPSA) is 64.6 Å². The normalized spacial score (nSPS) is 23.3. The third-order valence-electron chi connectivity index (χ3n) is 2.66. The molecule has 0 spiro atoms. The first-order valence-electron chi connectivity index (χ1n) is 5.63. The van der Waals surface area contributed by atoms with E-state index in [2.05, 4.69) is 22.6 Å². The van der Waals surface area contributed by atoms with Crippen LogP contribution in [0.15, 0.2) is 25.0 Å². The quantitative estimate of drug-likeness (QED) is 0.616. The van der Waals surface area contributed by atoms with Crippen LogP contribution in [-0.2, 0) is 14.3 Å². The number of carbonyl (C=O) groups is 2. The molecule has 0 bridgehead atoms. The zero-order valence-electron chi connectivity index (χ0n) is 10.5. The maximum atomic E-state index is 14.2. The molecule has 1 heterocycles. The van der Waals surface area contributed by atoms with Crippen molar-refractivity contribution >= 4 is 12.1 Å². The van der Waals surface area contributed by atoms with Gasteiger partial charge in [-0.05, 0) is 6.92 Å². The summed E-state index contributed by atoms with van der Waals surface area (Å²) in [5.41, 5.74) is -2.51. The SMILES string of the molecule is C=CCC(F)(F)C1(C(=O)OCC)CC(=C)OC(=O)N1. The second kappa shape index (κ2) is 5.38. The fourth-order valence-electron chi connectivity index (χ4n) is 1.81. The number of nitrogens with one attached hydrogen (secondary N) is 1. The van der Waals surface area contributed by atoms with Gasteiger partial charge in [0, 0.05) is 12.8 Å². The summed E-state index contributed by atoms with van der Waals surface area (Å²) in [5.74, 6) is -5.01. The van der Waals surface area contributed by atoms with Crippen LogP contribution in [0.4, 0.5) is 13.6 Å². The lowest BCUT2D eigenvalue weighted by Crippen LogP contribution is -2.68. The van der Waals surface area contributed by atoms with Crippen LogP contribution in [0.2, 0.25) is 0 Å². The van der Waals surface area contributed by atoms with Gasteiger partial charge in [-0.2, -0.15) is 0 Å². The minimum absolute atomic E-state index is 0.0893. The number of ether oxygens (including phenoxy) is 2. The molecule has 0 saturated carbocycles. The molecule has 1 aliphatic heterocycles. The summed E-state index contributed by atoms with van der Waals surface area (Å²) in [7, 11) is 0. The van der Waals surface area contributed by atoms with Crippen LogP contribution in [0.3, 0.4) is 0 Å². The highest BCUT2D eigenvalue weighted by atomic mass is 19.3. The number of alkyl carbamates (subject to hydrolysis) is 1. The van der Waals surface area contributed by atoms with Gasteiger partial charge >= 0.3 is 12.1 Å². The largest absolute Gasteiger partial charge is 0.464 e. The van der Waals surface area contributed by atoms with Gasteiger partial charge in [-0.1, -0.05) is 12.7 Å². The number of rotatable bonds is 5. The summed E-state index contributed by atoms with van der Waals surface area (Å²) in [6, 6.07) is 0. The van der Waals surface area contributed by atoms with Gasteiger partial charge < -0.3 is 9.47 Å². The number of halogens is 2. The molecule has 1 saturated heterocycles. The first-order valence-corrected chi connectivity index (χ1v) is 5.63. The third-order valence-corrected chi connectivity index (χ3v) is 2.66. The zero-order valence-corrected chi connectivity index (χ0v) is 10.5. The van der Waals surface area contributed by atoms with Gasteiger partial charge in [0.1, 0.15) is 5.76 Å². The van der Waals surface area contributed by atoms with Crippen LogP contribution in [0.5, 0.6) is 0 Å². The lowest BCUT2D eigenvalue weighted by Gasteiger charge is -2.40. The Bertz CT molecular complexity index is 404. The fourth-order valence-corrected chi connectivity index (χ4v) is 1.81. The van der Waals surface area contributed by atoms with Gasteiger partial charge in [0.25, 0.3) is 5.92 Å². The Hall–Kier alpha value is -1.92. The summed E-state index contributed by atoms with van der Waals surface area (Å²) in [6.45, 7) is 7.93. The van der Waals surface area contributed by atoms with Gasteiger partial charge in [-0.15, -0.1) is 6.58 Å². The summed E-state index contributed by atoms with van der Waals surface area (Å²) in [5, 5.41) is 1.88. The van der Waals surface area contributed by atoms with Crippen LogP contribution in [0, 0.1) is 0 Å². The molecule has 1 rings (SSSR count). The molecule has 7 heteroatoms. The number of cyclic esters (lactones) is 1. The molecule has 1 fully saturated rings. The first-order chi connectivity index (χ1) is 8.79. The van der Waals surface area contributed by atoms with Crippen LogP contribution < -0.4 is 5.32 Å². The number of carbonyl (C=O) groups excluding carboxylic acids is 2. The molecule has 0 aromatic carbocycles. The molecule has 1 unspecified atom stereocenters. The van der Waals surface area contributed by atoms with E-state index in [0.29, 0.717) is 0 Å². The maximum Gasteiger partial charge on any atom is 0.413 e. The lowest BCUT2D eigenvalue weighted by atomic mass is 9.84. The Morgan fingerprint density at radius 1 is 1.68 bits per heavy atom. The standard InChI is InChI=1S/C12H15F2NO4/c1-4-6-12(13,14)11(9(16)18-5-2)7-8(3)19-10(17)15-11/h4H,1,3,5-7H2,2H3,(H,15,17). The van der Waals surface area contributed by atoms with E-state index in [-0.39, 0.29) is 12.4 Å². The highest BCUT2D eigenvalue weighted by Gasteiger charge is 2.62. The smallest absolute Gasteiger partial charge is 0.413 e. The minimum Gasteiger partial charge on any atom is -0.464 e. The highest BCUT2D eigenvalue weighted by molar-refractivity contribution is 5.89. The number of allylic oxidation sites excluding steroid dienone is 1. The van der Waals surface area contributed by atoms with Gasteiger partial charge in [-0.3, -0.25) is 5.32 Å². The Kier molecular flexibility index (Phi) is 4.28. The molecule has 0 radical (unpaired) electrons. The van der Waals surface area contributed by atoms with Crippen molar-refractivity contribution in [3.05, 3.63) is 25.0 Å². The van der Waals surface area contributed by atoms with Crippen molar-refractivity contribution in [2.24, 2.45) is 0 Å². The molecule has 0 aromatic heterocycles. The molecule has 1 aliphatic rings. The number of hydrogen-bond donors (Lipinski definition) is 1.